The zero-order chi connectivity index (χ0) is 17.2. The maximum atomic E-state index is 4.72. The van der Waals surface area contributed by atoms with Gasteiger partial charge in [0.05, 0.1) is 0 Å². The van der Waals surface area contributed by atoms with Gasteiger partial charge in [-0.1, -0.05) is 36.7 Å². The molecule has 4 rings (SSSR count). The summed E-state index contributed by atoms with van der Waals surface area (Å²) in [5.41, 5.74) is 5.35. The van der Waals surface area contributed by atoms with Crippen molar-refractivity contribution in [3.05, 3.63) is 72.8 Å². The Morgan fingerprint density at radius 3 is 1.62 bits per heavy atom. The summed E-state index contributed by atoms with van der Waals surface area (Å²) in [4.78, 5) is 17.5. The van der Waals surface area contributed by atoms with E-state index < -0.39 is 0 Å². The van der Waals surface area contributed by atoms with Crippen molar-refractivity contribution in [2.24, 2.45) is 14.1 Å². The van der Waals surface area contributed by atoms with Crippen LogP contribution in [0.5, 0.6) is 0 Å². The van der Waals surface area contributed by atoms with Gasteiger partial charge in [-0.2, -0.15) is 0 Å². The number of hydrogen-bond donors (Lipinski definition) is 0. The summed E-state index contributed by atoms with van der Waals surface area (Å²) in [6.45, 7) is 0. The number of aromatic nitrogens is 6. The molecule has 0 N–H and O–H groups in total. The smallest absolute Gasteiger partial charge is 0.405 e. The minimum absolute atomic E-state index is 0. The van der Waals surface area contributed by atoms with Crippen LogP contribution in [0.15, 0.2) is 49.1 Å². The topological polar surface area (TPSA) is 61.4 Å². The fourth-order valence-electron chi connectivity index (χ4n) is 2.71. The fourth-order valence-corrected chi connectivity index (χ4v) is 2.71. The third kappa shape index (κ3) is 3.65. The molecule has 0 spiro atoms. The molecule has 0 saturated carbocycles. The van der Waals surface area contributed by atoms with Gasteiger partial charge in [-0.3, -0.25) is 0 Å². The molecule has 26 heavy (non-hydrogen) atoms. The van der Waals surface area contributed by atoms with Gasteiger partial charge in [0.1, 0.15) is 0 Å². The second-order valence-electron chi connectivity index (χ2n) is 5.84. The quantitative estimate of drug-likeness (QED) is 0.386. The van der Waals surface area contributed by atoms with Crippen LogP contribution in [0.25, 0.3) is 22.8 Å². The van der Waals surface area contributed by atoms with Crippen molar-refractivity contribution in [2.75, 3.05) is 0 Å². The van der Waals surface area contributed by atoms with Gasteiger partial charge >= 0.3 is 21.1 Å². The molecule has 4 aromatic rings. The van der Waals surface area contributed by atoms with E-state index in [1.54, 1.807) is 12.7 Å². The van der Waals surface area contributed by atoms with Crippen molar-refractivity contribution < 1.29 is 21.1 Å². The first kappa shape index (κ1) is 18.2. The predicted molar refractivity (Wildman–Crippen MR) is 93.4 cm³/mol. The Morgan fingerprint density at radius 1 is 0.769 bits per heavy atom. The van der Waals surface area contributed by atoms with Gasteiger partial charge in [-0.05, 0) is 61.7 Å². The van der Waals surface area contributed by atoms with Crippen molar-refractivity contribution in [3.8, 4) is 22.8 Å². The molecule has 4 aromatic heterocycles. The summed E-state index contributed by atoms with van der Waals surface area (Å²) < 4.78 is 3.81. The van der Waals surface area contributed by atoms with Gasteiger partial charge in [0.2, 0.25) is 0 Å². The molecule has 0 fully saturated rings. The van der Waals surface area contributed by atoms with E-state index in [1.807, 2.05) is 59.6 Å². The molecule has 0 atom stereocenters. The third-order valence-corrected chi connectivity index (χ3v) is 3.97. The summed E-state index contributed by atoms with van der Waals surface area (Å²) in [5.74, 6) is 0. The van der Waals surface area contributed by atoms with Crippen LogP contribution >= 0.6 is 0 Å². The van der Waals surface area contributed by atoms with E-state index in [1.165, 1.54) is 0 Å². The first-order valence-electron chi connectivity index (χ1n) is 7.91. The fraction of sp³-hybridized carbons (Fsp3) is 0.158. The Bertz CT molecular complexity index is 938. The van der Waals surface area contributed by atoms with E-state index in [4.69, 9.17) is 9.97 Å². The molecular formula is C19H16N6Pt. The molecule has 0 aliphatic heterocycles. The van der Waals surface area contributed by atoms with E-state index >= 15 is 0 Å². The van der Waals surface area contributed by atoms with Crippen LogP contribution in [0.3, 0.4) is 0 Å². The number of pyridine rings is 2. The number of aryl methyl sites for hydroxylation is 2. The predicted octanol–water partition coefficient (Wildman–Crippen LogP) is 2.47. The van der Waals surface area contributed by atoms with Crippen molar-refractivity contribution in [2.45, 2.75) is 6.42 Å². The standard InChI is InChI=1S/C19H16N6.Pt/c1-24-12-20-10-18(24)16-7-3-5-14(22-16)9-15-6-4-8-17(23-15)19-11-21-13-25(19)2;/h3-8,12-13H,9H2,1-2H3;/q-2;+2. The van der Waals surface area contributed by atoms with E-state index in [0.29, 0.717) is 6.42 Å². The van der Waals surface area contributed by atoms with Gasteiger partial charge in [0, 0.05) is 17.8 Å². The number of hydrogen-bond acceptors (Lipinski definition) is 4. The monoisotopic (exact) mass is 523 g/mol. The average Bonchev–Trinajstić information content (AvgIpc) is 3.23. The molecule has 0 amide bonds. The SMILES string of the molecule is Cn1cn[c-]c1-c1cccc(Cc2cccc(-c3[c-]ncn3C)n2)n1.[Pt+2]. The Hall–Kier alpha value is -2.59. The summed E-state index contributed by atoms with van der Waals surface area (Å²) in [6.07, 6.45) is 10.0. The van der Waals surface area contributed by atoms with Crippen LogP contribution in [0.1, 0.15) is 11.4 Å². The summed E-state index contributed by atoms with van der Waals surface area (Å²) in [7, 11) is 3.87. The zero-order valence-electron chi connectivity index (χ0n) is 14.3. The van der Waals surface area contributed by atoms with Crippen LogP contribution < -0.4 is 0 Å². The molecule has 6 nitrogen and oxygen atoms in total. The van der Waals surface area contributed by atoms with E-state index in [2.05, 4.69) is 22.4 Å². The van der Waals surface area contributed by atoms with Crippen LogP contribution in [0, 0.1) is 12.4 Å². The molecule has 0 bridgehead atoms. The Kier molecular flexibility index (Phi) is 5.43. The van der Waals surface area contributed by atoms with Crippen molar-refractivity contribution in [3.63, 3.8) is 0 Å². The van der Waals surface area contributed by atoms with Gasteiger partial charge < -0.3 is 29.1 Å². The van der Waals surface area contributed by atoms with Crippen LogP contribution in [-0.2, 0) is 41.6 Å². The maximum absolute atomic E-state index is 4.72. The van der Waals surface area contributed by atoms with Gasteiger partial charge in [-0.25, -0.2) is 0 Å². The molecule has 0 saturated heterocycles. The maximum Gasteiger partial charge on any atom is 2.00 e. The number of rotatable bonds is 4. The van der Waals surface area contributed by atoms with Crippen molar-refractivity contribution in [1.29, 1.82) is 0 Å². The molecular weight excluding hydrogens is 507 g/mol. The average molecular weight is 523 g/mol. The number of imidazole rings is 2. The molecule has 7 heteroatoms. The van der Waals surface area contributed by atoms with Crippen molar-refractivity contribution >= 4 is 0 Å². The summed E-state index contributed by atoms with van der Waals surface area (Å²) >= 11 is 0. The number of nitrogens with zero attached hydrogens (tertiary/aromatic N) is 6. The third-order valence-electron chi connectivity index (χ3n) is 3.97. The Morgan fingerprint density at radius 2 is 1.23 bits per heavy atom. The zero-order valence-corrected chi connectivity index (χ0v) is 16.6. The van der Waals surface area contributed by atoms with Crippen LogP contribution in [0.2, 0.25) is 0 Å². The summed E-state index contributed by atoms with van der Waals surface area (Å²) in [5, 5.41) is 0. The first-order chi connectivity index (χ1) is 12.2. The largest absolute Gasteiger partial charge is 2.00 e. The molecule has 0 radical (unpaired) electrons. The Labute approximate surface area is 166 Å². The van der Waals surface area contributed by atoms with Gasteiger partial charge in [0.25, 0.3) is 0 Å². The summed E-state index contributed by atoms with van der Waals surface area (Å²) in [6, 6.07) is 11.9. The molecule has 0 unspecified atom stereocenters. The molecule has 0 aromatic carbocycles. The van der Waals surface area contributed by atoms with E-state index in [0.717, 1.165) is 34.2 Å². The van der Waals surface area contributed by atoms with E-state index in [-0.39, 0.29) is 21.1 Å². The normalized spacial score (nSPS) is 10.5. The molecule has 0 aliphatic rings. The van der Waals surface area contributed by atoms with Crippen LogP contribution in [-0.4, -0.2) is 29.1 Å². The van der Waals surface area contributed by atoms with Crippen molar-refractivity contribution in [1.82, 2.24) is 29.1 Å². The van der Waals surface area contributed by atoms with Gasteiger partial charge in [-0.15, -0.1) is 0 Å². The minimum Gasteiger partial charge on any atom is -0.405 e. The van der Waals surface area contributed by atoms with Gasteiger partial charge in [0.15, 0.2) is 0 Å². The van der Waals surface area contributed by atoms with Crippen LogP contribution in [0.4, 0.5) is 0 Å². The second-order valence-corrected chi connectivity index (χ2v) is 5.84. The molecule has 0 aliphatic carbocycles. The molecule has 4 heterocycles. The van der Waals surface area contributed by atoms with E-state index in [9.17, 15) is 0 Å². The first-order valence-corrected chi connectivity index (χ1v) is 7.91. The minimum atomic E-state index is 0. The Balaban J connectivity index is 0.00000196. The second kappa shape index (κ2) is 7.75. The molecule has 132 valence electrons.